The predicted molar refractivity (Wildman–Crippen MR) is 75.0 cm³/mol. The van der Waals surface area contributed by atoms with Crippen molar-refractivity contribution >= 4 is 40.6 Å². The van der Waals surface area contributed by atoms with Gasteiger partial charge >= 0.3 is 11.1 Å². The first kappa shape index (κ1) is 15.3. The molecule has 6 nitrogen and oxygen atoms in total. The van der Waals surface area contributed by atoms with Crippen molar-refractivity contribution in [2.45, 2.75) is 0 Å². The molecule has 0 unspecified atom stereocenters. The number of nitrogens with one attached hydrogen (secondary N) is 2. The van der Waals surface area contributed by atoms with Gasteiger partial charge in [0.25, 0.3) is 0 Å². The van der Waals surface area contributed by atoms with Crippen LogP contribution in [0.25, 0.3) is 11.0 Å². The van der Waals surface area contributed by atoms with E-state index in [1.165, 1.54) is 17.0 Å². The van der Waals surface area contributed by atoms with E-state index in [4.69, 9.17) is 23.2 Å². The van der Waals surface area contributed by atoms with E-state index in [0.29, 0.717) is 21.1 Å². The van der Waals surface area contributed by atoms with Crippen molar-refractivity contribution in [2.75, 3.05) is 14.1 Å². The molecule has 0 aliphatic rings. The maximum Gasteiger partial charge on any atom is 0.314 e. The molecule has 1 amide bonds. The highest BCUT2D eigenvalue weighted by Gasteiger charge is 2.04. The number of aromatic nitrogens is 2. The fraction of sp³-hybridized carbons (Fsp3) is 0.182. The lowest BCUT2D eigenvalue weighted by molar-refractivity contribution is -0.115. The summed E-state index contributed by atoms with van der Waals surface area (Å²) in [5.41, 5.74) is -0.676. The molecule has 0 atom stereocenters. The van der Waals surface area contributed by atoms with Gasteiger partial charge in [0.1, 0.15) is 0 Å². The van der Waals surface area contributed by atoms with E-state index in [1.807, 2.05) is 0 Å². The van der Waals surface area contributed by atoms with Crippen LogP contribution in [0.1, 0.15) is 0 Å². The molecule has 0 aliphatic carbocycles. The third kappa shape index (κ3) is 4.11. The Bertz CT molecular complexity index is 706. The van der Waals surface area contributed by atoms with Gasteiger partial charge in [-0.1, -0.05) is 23.2 Å². The largest absolute Gasteiger partial charge is 0.351 e. The van der Waals surface area contributed by atoms with Gasteiger partial charge < -0.3 is 14.9 Å². The van der Waals surface area contributed by atoms with Gasteiger partial charge in [0.15, 0.2) is 0 Å². The lowest BCUT2D eigenvalue weighted by Gasteiger charge is -1.99. The lowest BCUT2D eigenvalue weighted by atomic mass is 10.3. The first-order chi connectivity index (χ1) is 8.85. The number of rotatable bonds is 1. The molecule has 0 bridgehead atoms. The quantitative estimate of drug-likeness (QED) is 0.613. The number of carbonyl (C=O) groups excluding carboxylic acids is 1. The molecule has 0 saturated heterocycles. The Balaban J connectivity index is 0.000000312. The molecule has 2 aromatic rings. The van der Waals surface area contributed by atoms with Crippen LogP contribution in [-0.2, 0) is 4.79 Å². The molecule has 8 heteroatoms. The van der Waals surface area contributed by atoms with Crippen LogP contribution in [0.5, 0.6) is 0 Å². The first-order valence-corrected chi connectivity index (χ1v) is 5.84. The van der Waals surface area contributed by atoms with Crippen LogP contribution in [-0.4, -0.2) is 35.4 Å². The summed E-state index contributed by atoms with van der Waals surface area (Å²) in [6.45, 7) is 0. The van der Waals surface area contributed by atoms with E-state index in [9.17, 15) is 14.4 Å². The summed E-state index contributed by atoms with van der Waals surface area (Å²) in [7, 11) is 3.38. The van der Waals surface area contributed by atoms with E-state index in [2.05, 4.69) is 9.97 Å². The van der Waals surface area contributed by atoms with Crippen molar-refractivity contribution in [3.05, 3.63) is 42.9 Å². The molecule has 0 radical (unpaired) electrons. The van der Waals surface area contributed by atoms with Gasteiger partial charge in [-0.05, 0) is 12.1 Å². The molecule has 102 valence electrons. The zero-order valence-electron chi connectivity index (χ0n) is 10.2. The summed E-state index contributed by atoms with van der Waals surface area (Å²) in [4.78, 5) is 37.6. The van der Waals surface area contributed by atoms with Crippen molar-refractivity contribution in [2.24, 2.45) is 0 Å². The molecule has 0 spiro atoms. The Hall–Kier alpha value is -1.79. The van der Waals surface area contributed by atoms with Gasteiger partial charge in [-0.3, -0.25) is 14.4 Å². The molecule has 19 heavy (non-hydrogen) atoms. The van der Waals surface area contributed by atoms with Crippen molar-refractivity contribution in [3.63, 3.8) is 0 Å². The minimum atomic E-state index is -0.735. The zero-order valence-corrected chi connectivity index (χ0v) is 11.7. The van der Waals surface area contributed by atoms with E-state index in [-0.39, 0.29) is 0 Å². The summed E-state index contributed by atoms with van der Waals surface area (Å²) >= 11 is 11.5. The van der Waals surface area contributed by atoms with Gasteiger partial charge in [-0.2, -0.15) is 0 Å². The van der Waals surface area contributed by atoms with E-state index in [0.717, 1.165) is 6.41 Å². The van der Waals surface area contributed by atoms with Crippen LogP contribution < -0.4 is 11.1 Å². The summed E-state index contributed by atoms with van der Waals surface area (Å²) in [5.74, 6) is 0. The van der Waals surface area contributed by atoms with Crippen LogP contribution in [0.3, 0.4) is 0 Å². The Kier molecular flexibility index (Phi) is 5.14. The first-order valence-electron chi connectivity index (χ1n) is 5.08. The highest BCUT2D eigenvalue weighted by atomic mass is 35.5. The summed E-state index contributed by atoms with van der Waals surface area (Å²) in [6.07, 6.45) is 0.750. The molecule has 2 N–H and O–H groups in total. The fourth-order valence-corrected chi connectivity index (χ4v) is 1.69. The number of fused-ring (bicyclic) bond motifs is 1. The minimum Gasteiger partial charge on any atom is -0.351 e. The Morgan fingerprint density at radius 3 is 2.16 bits per heavy atom. The summed E-state index contributed by atoms with van der Waals surface area (Å²) < 4.78 is 0. The molecule has 0 aliphatic heterocycles. The van der Waals surface area contributed by atoms with Crippen LogP contribution in [0.4, 0.5) is 0 Å². The van der Waals surface area contributed by atoms with Crippen LogP contribution in [0.2, 0.25) is 10.0 Å². The summed E-state index contributed by atoms with van der Waals surface area (Å²) in [5, 5.41) is 0.686. The van der Waals surface area contributed by atoms with E-state index < -0.39 is 11.1 Å². The number of benzene rings is 1. The van der Waals surface area contributed by atoms with E-state index >= 15 is 0 Å². The molecular weight excluding hydrogens is 293 g/mol. The third-order valence-electron chi connectivity index (χ3n) is 1.96. The topological polar surface area (TPSA) is 86.0 Å². The maximum absolute atomic E-state index is 11.0. The molecule has 0 fully saturated rings. The molecule has 2 rings (SSSR count). The second-order valence-electron chi connectivity index (χ2n) is 3.79. The number of amides is 1. The Labute approximate surface area is 118 Å². The molecule has 1 aromatic heterocycles. The second-order valence-corrected chi connectivity index (χ2v) is 4.63. The number of H-pyrrole nitrogens is 2. The number of aromatic amines is 2. The normalized spacial score (nSPS) is 9.68. The van der Waals surface area contributed by atoms with Gasteiger partial charge in [-0.15, -0.1) is 0 Å². The smallest absolute Gasteiger partial charge is 0.314 e. The van der Waals surface area contributed by atoms with Crippen molar-refractivity contribution < 1.29 is 4.79 Å². The van der Waals surface area contributed by atoms with Crippen LogP contribution >= 0.6 is 23.2 Å². The number of halogens is 2. The van der Waals surface area contributed by atoms with Gasteiger partial charge in [0, 0.05) is 19.1 Å². The highest BCUT2D eigenvalue weighted by Crippen LogP contribution is 2.23. The monoisotopic (exact) mass is 303 g/mol. The Morgan fingerprint density at radius 2 is 1.63 bits per heavy atom. The molecule has 0 saturated carbocycles. The lowest BCUT2D eigenvalue weighted by Crippen LogP contribution is -2.28. The summed E-state index contributed by atoms with van der Waals surface area (Å²) in [6, 6.07) is 3.00. The standard InChI is InChI=1S/C8H4Cl2N2O2.C3H7NO/c9-3-1-4(10)6-5(2-3)11-7(13)8(14)12-6;1-4(2)3-5/h1-2H,(H,11,13)(H,12,14);3H,1-2H3. The van der Waals surface area contributed by atoms with E-state index in [1.54, 1.807) is 14.1 Å². The fourth-order valence-electron chi connectivity index (χ4n) is 1.15. The maximum atomic E-state index is 11.0. The zero-order chi connectivity index (χ0) is 14.6. The Morgan fingerprint density at radius 1 is 1.11 bits per heavy atom. The average Bonchev–Trinajstić information content (AvgIpc) is 2.32. The molecular formula is C11H11Cl2N3O3. The average molecular weight is 304 g/mol. The van der Waals surface area contributed by atoms with Crippen molar-refractivity contribution in [1.82, 2.24) is 14.9 Å². The number of hydrogen-bond donors (Lipinski definition) is 2. The van der Waals surface area contributed by atoms with Crippen LogP contribution in [0, 0.1) is 0 Å². The van der Waals surface area contributed by atoms with Gasteiger partial charge in [0.05, 0.1) is 16.1 Å². The number of carbonyl (C=O) groups is 1. The second kappa shape index (κ2) is 6.40. The number of hydrogen-bond acceptors (Lipinski definition) is 3. The van der Waals surface area contributed by atoms with Crippen molar-refractivity contribution in [3.8, 4) is 0 Å². The highest BCUT2D eigenvalue weighted by molar-refractivity contribution is 6.38. The third-order valence-corrected chi connectivity index (χ3v) is 2.48. The van der Waals surface area contributed by atoms with Crippen LogP contribution in [0.15, 0.2) is 21.7 Å². The van der Waals surface area contributed by atoms with Gasteiger partial charge in [0.2, 0.25) is 6.41 Å². The predicted octanol–water partition coefficient (Wildman–Crippen LogP) is 1.23. The molecule has 1 aromatic carbocycles. The van der Waals surface area contributed by atoms with Crippen molar-refractivity contribution in [1.29, 1.82) is 0 Å². The van der Waals surface area contributed by atoms with Gasteiger partial charge in [-0.25, -0.2) is 0 Å². The SMILES string of the molecule is CN(C)C=O.O=c1[nH]c2cc(Cl)cc(Cl)c2[nH]c1=O. The minimum absolute atomic E-state index is 0.292. The molecule has 1 heterocycles. The number of nitrogens with zero attached hydrogens (tertiary/aromatic N) is 1.